The SMILES string of the molecule is CCCn1c(NC(=O)C(C)Oc2ccc(C#N)cc2)nc2ccccc21. The molecule has 0 fully saturated rings. The van der Waals surface area contributed by atoms with E-state index in [1.165, 1.54) is 0 Å². The lowest BCUT2D eigenvalue weighted by Crippen LogP contribution is -2.31. The molecule has 132 valence electrons. The number of anilines is 1. The van der Waals surface area contributed by atoms with Crippen LogP contribution in [-0.2, 0) is 11.3 Å². The number of aromatic nitrogens is 2. The summed E-state index contributed by atoms with van der Waals surface area (Å²) in [6.07, 6.45) is 0.235. The van der Waals surface area contributed by atoms with Crippen molar-refractivity contribution >= 4 is 22.9 Å². The first-order chi connectivity index (χ1) is 12.6. The highest BCUT2D eigenvalue weighted by Crippen LogP contribution is 2.21. The molecule has 6 nitrogen and oxygen atoms in total. The summed E-state index contributed by atoms with van der Waals surface area (Å²) in [4.78, 5) is 17.1. The maximum atomic E-state index is 12.5. The molecule has 6 heteroatoms. The normalized spacial score (nSPS) is 11.7. The summed E-state index contributed by atoms with van der Waals surface area (Å²) in [7, 11) is 0. The molecule has 0 bridgehead atoms. The summed E-state index contributed by atoms with van der Waals surface area (Å²) in [5, 5.41) is 11.7. The first-order valence-electron chi connectivity index (χ1n) is 8.55. The Balaban J connectivity index is 1.75. The Bertz CT molecular complexity index is 954. The number of rotatable bonds is 6. The summed E-state index contributed by atoms with van der Waals surface area (Å²) in [6.45, 7) is 4.53. The summed E-state index contributed by atoms with van der Waals surface area (Å²) in [5.41, 5.74) is 2.38. The van der Waals surface area contributed by atoms with Gasteiger partial charge in [0, 0.05) is 6.54 Å². The van der Waals surface area contributed by atoms with Crippen molar-refractivity contribution in [1.29, 1.82) is 5.26 Å². The number of imidazole rings is 1. The molecule has 0 aliphatic carbocycles. The van der Waals surface area contributed by atoms with Crippen molar-refractivity contribution in [3.63, 3.8) is 0 Å². The summed E-state index contributed by atoms with van der Waals surface area (Å²) in [5.74, 6) is 0.782. The van der Waals surface area contributed by atoms with E-state index in [9.17, 15) is 4.79 Å². The Morgan fingerprint density at radius 2 is 2.00 bits per heavy atom. The molecule has 2 aromatic carbocycles. The van der Waals surface area contributed by atoms with Gasteiger partial charge in [0.05, 0.1) is 22.7 Å². The molecule has 26 heavy (non-hydrogen) atoms. The Hall–Kier alpha value is -3.33. The van der Waals surface area contributed by atoms with E-state index < -0.39 is 6.10 Å². The van der Waals surface area contributed by atoms with Crippen LogP contribution in [0.2, 0.25) is 0 Å². The lowest BCUT2D eigenvalue weighted by Gasteiger charge is -2.15. The number of carbonyl (C=O) groups excluding carboxylic acids is 1. The number of aryl methyl sites for hydroxylation is 1. The smallest absolute Gasteiger partial charge is 0.267 e. The minimum atomic E-state index is -0.696. The first kappa shape index (κ1) is 17.5. The van der Waals surface area contributed by atoms with Crippen LogP contribution >= 0.6 is 0 Å². The third-order valence-corrected chi connectivity index (χ3v) is 4.00. The number of carbonyl (C=O) groups is 1. The number of benzene rings is 2. The van der Waals surface area contributed by atoms with Crippen molar-refractivity contribution in [3.8, 4) is 11.8 Å². The average molecular weight is 348 g/mol. The molecule has 0 aliphatic rings. The predicted molar refractivity (Wildman–Crippen MR) is 99.9 cm³/mol. The monoisotopic (exact) mass is 348 g/mol. The highest BCUT2D eigenvalue weighted by atomic mass is 16.5. The third kappa shape index (κ3) is 3.67. The lowest BCUT2D eigenvalue weighted by atomic mass is 10.2. The van der Waals surface area contributed by atoms with Gasteiger partial charge >= 0.3 is 0 Å². The summed E-state index contributed by atoms with van der Waals surface area (Å²) in [6, 6.07) is 16.5. The van der Waals surface area contributed by atoms with Crippen LogP contribution in [-0.4, -0.2) is 21.6 Å². The molecule has 1 N–H and O–H groups in total. The largest absolute Gasteiger partial charge is 0.481 e. The van der Waals surface area contributed by atoms with Gasteiger partial charge in [-0.1, -0.05) is 19.1 Å². The van der Waals surface area contributed by atoms with Crippen LogP contribution in [0.1, 0.15) is 25.8 Å². The fraction of sp³-hybridized carbons (Fsp3) is 0.250. The quantitative estimate of drug-likeness (QED) is 0.736. The highest BCUT2D eigenvalue weighted by Gasteiger charge is 2.18. The van der Waals surface area contributed by atoms with Gasteiger partial charge in [0.1, 0.15) is 5.75 Å². The second kappa shape index (κ2) is 7.70. The van der Waals surface area contributed by atoms with E-state index in [-0.39, 0.29) is 5.91 Å². The number of ether oxygens (including phenoxy) is 1. The van der Waals surface area contributed by atoms with Gasteiger partial charge in [-0.15, -0.1) is 0 Å². The Labute approximate surface area is 152 Å². The average Bonchev–Trinajstić information content (AvgIpc) is 3.00. The first-order valence-corrected chi connectivity index (χ1v) is 8.55. The van der Waals surface area contributed by atoms with Gasteiger partial charge in [-0.05, 0) is 49.7 Å². The van der Waals surface area contributed by atoms with Crippen LogP contribution < -0.4 is 10.1 Å². The Morgan fingerprint density at radius 1 is 1.27 bits per heavy atom. The van der Waals surface area contributed by atoms with E-state index in [0.29, 0.717) is 17.3 Å². The molecule has 1 unspecified atom stereocenters. The molecule has 1 amide bonds. The zero-order valence-electron chi connectivity index (χ0n) is 14.8. The number of hydrogen-bond donors (Lipinski definition) is 1. The lowest BCUT2D eigenvalue weighted by molar-refractivity contribution is -0.122. The fourth-order valence-corrected chi connectivity index (χ4v) is 2.70. The van der Waals surface area contributed by atoms with Crippen LogP contribution in [0, 0.1) is 11.3 Å². The highest BCUT2D eigenvalue weighted by molar-refractivity contribution is 5.94. The van der Waals surface area contributed by atoms with Gasteiger partial charge in [-0.3, -0.25) is 10.1 Å². The van der Waals surface area contributed by atoms with Crippen LogP contribution in [0.15, 0.2) is 48.5 Å². The number of para-hydroxylation sites is 2. The molecule has 0 spiro atoms. The van der Waals surface area contributed by atoms with Crippen molar-refractivity contribution in [2.75, 3.05) is 5.32 Å². The molecule has 0 saturated heterocycles. The van der Waals surface area contributed by atoms with Gasteiger partial charge in [0.25, 0.3) is 5.91 Å². The van der Waals surface area contributed by atoms with E-state index in [0.717, 1.165) is 24.0 Å². The van der Waals surface area contributed by atoms with Crippen LogP contribution in [0.4, 0.5) is 5.95 Å². The van der Waals surface area contributed by atoms with E-state index in [2.05, 4.69) is 17.2 Å². The van der Waals surface area contributed by atoms with Crippen molar-refractivity contribution in [2.24, 2.45) is 0 Å². The number of nitriles is 1. The molecule has 3 rings (SSSR count). The Kier molecular flexibility index (Phi) is 5.18. The minimum Gasteiger partial charge on any atom is -0.481 e. The zero-order valence-corrected chi connectivity index (χ0v) is 14.8. The van der Waals surface area contributed by atoms with Crippen LogP contribution in [0.3, 0.4) is 0 Å². The standard InChI is InChI=1S/C20H20N4O2/c1-3-12-24-18-7-5-4-6-17(18)22-20(24)23-19(25)14(2)26-16-10-8-15(13-21)9-11-16/h4-11,14H,3,12H2,1-2H3,(H,22,23,25). The third-order valence-electron chi connectivity index (χ3n) is 4.00. The van der Waals surface area contributed by atoms with Gasteiger partial charge in [0.2, 0.25) is 5.95 Å². The van der Waals surface area contributed by atoms with E-state index in [4.69, 9.17) is 10.00 Å². The summed E-state index contributed by atoms with van der Waals surface area (Å²) < 4.78 is 7.66. The molecule has 1 heterocycles. The molecule has 0 radical (unpaired) electrons. The topological polar surface area (TPSA) is 79.9 Å². The maximum Gasteiger partial charge on any atom is 0.267 e. The number of nitrogens with zero attached hydrogens (tertiary/aromatic N) is 3. The maximum absolute atomic E-state index is 12.5. The number of fused-ring (bicyclic) bond motifs is 1. The second-order valence-corrected chi connectivity index (χ2v) is 5.96. The van der Waals surface area contributed by atoms with Gasteiger partial charge < -0.3 is 9.30 Å². The molecule has 0 saturated carbocycles. The van der Waals surface area contributed by atoms with E-state index in [1.807, 2.05) is 34.9 Å². The predicted octanol–water partition coefficient (Wildman–Crippen LogP) is 3.72. The molecular formula is C20H20N4O2. The van der Waals surface area contributed by atoms with Gasteiger partial charge in [-0.25, -0.2) is 4.98 Å². The Morgan fingerprint density at radius 3 is 2.69 bits per heavy atom. The van der Waals surface area contributed by atoms with Crippen molar-refractivity contribution in [3.05, 3.63) is 54.1 Å². The molecule has 0 aliphatic heterocycles. The van der Waals surface area contributed by atoms with Crippen LogP contribution in [0.5, 0.6) is 5.75 Å². The number of amides is 1. The number of hydrogen-bond acceptors (Lipinski definition) is 4. The van der Waals surface area contributed by atoms with Crippen molar-refractivity contribution in [2.45, 2.75) is 32.9 Å². The van der Waals surface area contributed by atoms with Gasteiger partial charge in [0.15, 0.2) is 6.10 Å². The van der Waals surface area contributed by atoms with Gasteiger partial charge in [-0.2, -0.15) is 5.26 Å². The van der Waals surface area contributed by atoms with E-state index in [1.54, 1.807) is 31.2 Å². The molecular weight excluding hydrogens is 328 g/mol. The zero-order chi connectivity index (χ0) is 18.5. The van der Waals surface area contributed by atoms with Crippen molar-refractivity contribution < 1.29 is 9.53 Å². The summed E-state index contributed by atoms with van der Waals surface area (Å²) >= 11 is 0. The minimum absolute atomic E-state index is 0.276. The molecule has 1 aromatic heterocycles. The molecule has 3 aromatic rings. The fourth-order valence-electron chi connectivity index (χ4n) is 2.70. The molecule has 1 atom stereocenters. The second-order valence-electron chi connectivity index (χ2n) is 5.96. The number of nitrogens with one attached hydrogen (secondary N) is 1. The van der Waals surface area contributed by atoms with Crippen LogP contribution in [0.25, 0.3) is 11.0 Å². The van der Waals surface area contributed by atoms with E-state index >= 15 is 0 Å². The van der Waals surface area contributed by atoms with Crippen molar-refractivity contribution in [1.82, 2.24) is 9.55 Å².